The van der Waals surface area contributed by atoms with Gasteiger partial charge in [0.15, 0.2) is 5.76 Å². The molecular formula is C33H40O7. The Morgan fingerprint density at radius 2 is 1.70 bits per heavy atom. The van der Waals surface area contributed by atoms with E-state index in [1.54, 1.807) is 0 Å². The fourth-order valence-electron chi connectivity index (χ4n) is 4.76. The standard InChI is InChI=1S/C33H40O7/c1-6-8-16-36-25-12-10-24(11-13-25)32-33(39-26-14-15-27(22(4)20-26)38-23(5)34)31(35)30-28(37-17-9-7-2)18-21(3)19-29(30)40-32/h10-15,18-19,22,26-27H,6-9,16-17,20H2,1-5H3/t22-,26?,27-/m1/s1. The van der Waals surface area contributed by atoms with Crippen LogP contribution in [0.1, 0.15) is 65.4 Å². The molecule has 7 nitrogen and oxygen atoms in total. The van der Waals surface area contributed by atoms with Gasteiger partial charge in [-0.3, -0.25) is 9.59 Å². The van der Waals surface area contributed by atoms with Crippen molar-refractivity contribution in [1.29, 1.82) is 0 Å². The second kappa shape index (κ2) is 13.6. The van der Waals surface area contributed by atoms with Crippen LogP contribution < -0.4 is 19.6 Å². The average Bonchev–Trinajstić information content (AvgIpc) is 2.92. The summed E-state index contributed by atoms with van der Waals surface area (Å²) in [5, 5.41) is 0.366. The van der Waals surface area contributed by atoms with Gasteiger partial charge in [0.25, 0.3) is 0 Å². The monoisotopic (exact) mass is 548 g/mol. The second-order valence-electron chi connectivity index (χ2n) is 10.5. The molecule has 0 radical (unpaired) electrons. The smallest absolute Gasteiger partial charge is 0.303 e. The predicted octanol–water partition coefficient (Wildman–Crippen LogP) is 7.40. The molecule has 3 atom stereocenters. The number of hydrogen-bond donors (Lipinski definition) is 0. The average molecular weight is 549 g/mol. The van der Waals surface area contributed by atoms with Gasteiger partial charge in [0.2, 0.25) is 11.2 Å². The quantitative estimate of drug-likeness (QED) is 0.132. The van der Waals surface area contributed by atoms with Gasteiger partial charge >= 0.3 is 5.97 Å². The fraction of sp³-hybridized carbons (Fsp3) is 0.455. The molecule has 1 aliphatic rings. The summed E-state index contributed by atoms with van der Waals surface area (Å²) >= 11 is 0. The highest BCUT2D eigenvalue weighted by Crippen LogP contribution is 2.37. The van der Waals surface area contributed by atoms with Crippen LogP contribution in [0.15, 0.2) is 57.8 Å². The molecule has 40 heavy (non-hydrogen) atoms. The Morgan fingerprint density at radius 1 is 1.00 bits per heavy atom. The van der Waals surface area contributed by atoms with Crippen LogP contribution in [-0.4, -0.2) is 31.4 Å². The molecule has 4 rings (SSSR count). The number of esters is 1. The van der Waals surface area contributed by atoms with Crippen LogP contribution in [0.4, 0.5) is 0 Å². The molecule has 7 heteroatoms. The number of carbonyl (C=O) groups is 1. The van der Waals surface area contributed by atoms with Crippen LogP contribution in [0.5, 0.6) is 17.2 Å². The van der Waals surface area contributed by atoms with E-state index in [4.69, 9.17) is 23.4 Å². The highest BCUT2D eigenvalue weighted by Gasteiger charge is 2.29. The summed E-state index contributed by atoms with van der Waals surface area (Å²) in [5.41, 5.74) is 1.80. The van der Waals surface area contributed by atoms with Crippen LogP contribution >= 0.6 is 0 Å². The Labute approximate surface area is 236 Å². The lowest BCUT2D eigenvalue weighted by molar-refractivity contribution is -0.146. The lowest BCUT2D eigenvalue weighted by atomic mass is 9.91. The minimum absolute atomic E-state index is 0.0185. The SMILES string of the molecule is CCCCOc1ccc(-c2oc3cc(C)cc(OCCCC)c3c(=O)c2OC2C=C[C@@H](OC(C)=O)[C@H](C)C2)cc1. The molecule has 0 fully saturated rings. The van der Waals surface area contributed by atoms with Crippen LogP contribution in [0.3, 0.4) is 0 Å². The maximum absolute atomic E-state index is 14.1. The molecule has 1 aliphatic carbocycles. The zero-order valence-electron chi connectivity index (χ0n) is 24.2. The van der Waals surface area contributed by atoms with Gasteiger partial charge in [0, 0.05) is 18.4 Å². The molecule has 3 aromatic rings. The summed E-state index contributed by atoms with van der Waals surface area (Å²) < 4.78 is 30.1. The van der Waals surface area contributed by atoms with Gasteiger partial charge in [-0.25, -0.2) is 0 Å². The number of ether oxygens (including phenoxy) is 4. The number of hydrogen-bond acceptors (Lipinski definition) is 7. The van der Waals surface area contributed by atoms with Crippen LogP contribution in [0.2, 0.25) is 0 Å². The lowest BCUT2D eigenvalue weighted by Crippen LogP contribution is -2.32. The molecule has 0 N–H and O–H groups in total. The van der Waals surface area contributed by atoms with Crippen molar-refractivity contribution >= 4 is 16.9 Å². The Morgan fingerprint density at radius 3 is 2.35 bits per heavy atom. The van der Waals surface area contributed by atoms with Crippen LogP contribution in [0.25, 0.3) is 22.3 Å². The first kappa shape index (κ1) is 29.2. The molecule has 0 amide bonds. The molecule has 2 aromatic carbocycles. The van der Waals surface area contributed by atoms with Crippen molar-refractivity contribution in [3.63, 3.8) is 0 Å². The maximum Gasteiger partial charge on any atom is 0.303 e. The van der Waals surface area contributed by atoms with Gasteiger partial charge in [0.05, 0.1) is 13.2 Å². The van der Waals surface area contributed by atoms with Crippen molar-refractivity contribution in [2.45, 2.75) is 78.9 Å². The lowest BCUT2D eigenvalue weighted by Gasteiger charge is -2.29. The Kier molecular flexibility index (Phi) is 9.91. The Hall–Kier alpha value is -3.74. The van der Waals surface area contributed by atoms with Crippen LogP contribution in [-0.2, 0) is 9.53 Å². The molecule has 0 saturated heterocycles. The summed E-state index contributed by atoms with van der Waals surface area (Å²) in [5.74, 6) is 1.42. The summed E-state index contributed by atoms with van der Waals surface area (Å²) in [6.45, 7) is 10.7. The third-order valence-electron chi connectivity index (χ3n) is 6.95. The third kappa shape index (κ3) is 7.06. The summed E-state index contributed by atoms with van der Waals surface area (Å²) in [7, 11) is 0. The highest BCUT2D eigenvalue weighted by atomic mass is 16.5. The molecule has 0 bridgehead atoms. The van der Waals surface area contributed by atoms with Gasteiger partial charge in [-0.05, 0) is 80.3 Å². The van der Waals surface area contributed by atoms with Gasteiger partial charge in [-0.2, -0.15) is 0 Å². The van der Waals surface area contributed by atoms with Gasteiger partial charge in [0.1, 0.15) is 34.7 Å². The predicted molar refractivity (Wildman–Crippen MR) is 156 cm³/mol. The molecule has 0 aliphatic heterocycles. The number of unbranched alkanes of at least 4 members (excludes halogenated alkanes) is 2. The van der Waals surface area contributed by atoms with Gasteiger partial charge < -0.3 is 23.4 Å². The fourth-order valence-corrected chi connectivity index (χ4v) is 4.76. The van der Waals surface area contributed by atoms with Crippen molar-refractivity contribution in [3.8, 4) is 28.6 Å². The number of rotatable bonds is 12. The third-order valence-corrected chi connectivity index (χ3v) is 6.95. The van der Waals surface area contributed by atoms with Gasteiger partial charge in [-0.15, -0.1) is 0 Å². The number of benzene rings is 2. The molecule has 1 heterocycles. The van der Waals surface area contributed by atoms with Crippen LogP contribution in [0, 0.1) is 12.8 Å². The molecule has 0 saturated carbocycles. The number of fused-ring (bicyclic) bond motifs is 1. The number of carbonyl (C=O) groups excluding carboxylic acids is 1. The summed E-state index contributed by atoms with van der Waals surface area (Å²) in [6, 6.07) is 11.2. The largest absolute Gasteiger partial charge is 0.494 e. The minimum atomic E-state index is -0.396. The molecule has 214 valence electrons. The molecular weight excluding hydrogens is 508 g/mol. The van der Waals surface area contributed by atoms with Crippen molar-refractivity contribution in [3.05, 3.63) is 64.3 Å². The van der Waals surface area contributed by atoms with Crippen molar-refractivity contribution < 1.29 is 28.2 Å². The normalized spacial score (nSPS) is 18.5. The van der Waals surface area contributed by atoms with E-state index in [9.17, 15) is 9.59 Å². The minimum Gasteiger partial charge on any atom is -0.494 e. The Balaban J connectivity index is 1.77. The highest BCUT2D eigenvalue weighted by molar-refractivity contribution is 5.88. The first-order valence-corrected chi connectivity index (χ1v) is 14.3. The zero-order chi connectivity index (χ0) is 28.6. The van der Waals surface area contributed by atoms with E-state index in [2.05, 4.69) is 13.8 Å². The Bertz CT molecular complexity index is 1390. The van der Waals surface area contributed by atoms with E-state index in [1.807, 2.05) is 62.4 Å². The maximum atomic E-state index is 14.1. The van der Waals surface area contributed by atoms with Crippen molar-refractivity contribution in [2.75, 3.05) is 13.2 Å². The van der Waals surface area contributed by atoms with E-state index < -0.39 is 6.10 Å². The van der Waals surface area contributed by atoms with E-state index in [-0.39, 0.29) is 29.2 Å². The van der Waals surface area contributed by atoms with Gasteiger partial charge in [-0.1, -0.05) is 33.6 Å². The van der Waals surface area contributed by atoms with E-state index in [0.29, 0.717) is 47.7 Å². The van der Waals surface area contributed by atoms with E-state index in [1.165, 1.54) is 6.92 Å². The molecule has 1 aromatic heterocycles. The van der Waals surface area contributed by atoms with Crippen molar-refractivity contribution in [2.24, 2.45) is 5.92 Å². The first-order chi connectivity index (χ1) is 19.3. The first-order valence-electron chi connectivity index (χ1n) is 14.3. The number of aryl methyl sites for hydroxylation is 1. The zero-order valence-corrected chi connectivity index (χ0v) is 24.2. The van der Waals surface area contributed by atoms with Crippen molar-refractivity contribution in [1.82, 2.24) is 0 Å². The summed E-state index contributed by atoms with van der Waals surface area (Å²) in [6.07, 6.45) is 7.42. The topological polar surface area (TPSA) is 84.2 Å². The molecule has 1 unspecified atom stereocenters. The summed E-state index contributed by atoms with van der Waals surface area (Å²) in [4.78, 5) is 25.6. The van der Waals surface area contributed by atoms with E-state index >= 15 is 0 Å². The molecule has 0 spiro atoms. The van der Waals surface area contributed by atoms with E-state index in [0.717, 1.165) is 37.0 Å². The second-order valence-corrected chi connectivity index (χ2v) is 10.5.